The zero-order chi connectivity index (χ0) is 11.8. The van der Waals surface area contributed by atoms with Gasteiger partial charge in [-0.05, 0) is 18.2 Å². The van der Waals surface area contributed by atoms with E-state index in [1.807, 2.05) is 30.3 Å². The molecule has 1 aromatic rings. The van der Waals surface area contributed by atoms with Gasteiger partial charge >= 0.3 is 5.97 Å². The Hall–Kier alpha value is -2.36. The summed E-state index contributed by atoms with van der Waals surface area (Å²) in [6.07, 6.45) is 5.22. The number of carbonyl (C=O) groups is 1. The highest BCUT2D eigenvalue weighted by Gasteiger charge is 2.29. The molecule has 0 aromatic heterocycles. The monoisotopic (exact) mass is 226 g/mol. The summed E-state index contributed by atoms with van der Waals surface area (Å²) in [5.41, 5.74) is 3.01. The lowest BCUT2D eigenvalue weighted by atomic mass is 9.94. The fourth-order valence-electron chi connectivity index (χ4n) is 1.99. The molecule has 0 radical (unpaired) electrons. The average Bonchev–Trinajstić information content (AvgIpc) is 2.35. The van der Waals surface area contributed by atoms with Crippen LogP contribution in [0.25, 0.3) is 0 Å². The molecule has 1 aliphatic heterocycles. The predicted octanol–water partition coefficient (Wildman–Crippen LogP) is 2.34. The number of hydrogen-bond acceptors (Lipinski definition) is 3. The molecular formula is C13H10N2O2. The topological polar surface area (TPSA) is 61.7 Å². The molecular weight excluding hydrogens is 216 g/mol. The Kier molecular flexibility index (Phi) is 2.08. The third-order valence-electron chi connectivity index (χ3n) is 2.82. The average molecular weight is 226 g/mol. The zero-order valence-corrected chi connectivity index (χ0v) is 8.92. The molecule has 1 unspecified atom stereocenters. The first-order valence-corrected chi connectivity index (χ1v) is 5.32. The highest BCUT2D eigenvalue weighted by Crippen LogP contribution is 2.33. The molecule has 2 aliphatic rings. The van der Waals surface area contributed by atoms with E-state index in [1.165, 1.54) is 0 Å². The maximum atomic E-state index is 11.1. The van der Waals surface area contributed by atoms with Crippen LogP contribution < -0.4 is 5.32 Å². The van der Waals surface area contributed by atoms with E-state index < -0.39 is 11.9 Å². The van der Waals surface area contributed by atoms with Crippen LogP contribution in [0.1, 0.15) is 0 Å². The van der Waals surface area contributed by atoms with Gasteiger partial charge in [0, 0.05) is 0 Å². The minimum Gasteiger partial charge on any atom is -0.481 e. The molecule has 84 valence electrons. The number of allylic oxidation sites excluding steroid dienone is 3. The van der Waals surface area contributed by atoms with Crippen molar-refractivity contribution in [3.63, 3.8) is 0 Å². The normalized spacial score (nSPS) is 20.6. The Morgan fingerprint density at radius 3 is 3.00 bits per heavy atom. The van der Waals surface area contributed by atoms with Gasteiger partial charge in [0.1, 0.15) is 5.92 Å². The zero-order valence-electron chi connectivity index (χ0n) is 8.92. The van der Waals surface area contributed by atoms with Crippen LogP contribution in [0.15, 0.2) is 53.2 Å². The fraction of sp³-hybridized carbons (Fsp3) is 0.0769. The molecule has 0 bridgehead atoms. The molecule has 1 aliphatic carbocycles. The van der Waals surface area contributed by atoms with Crippen molar-refractivity contribution in [2.45, 2.75) is 0 Å². The van der Waals surface area contributed by atoms with Gasteiger partial charge in [-0.15, -0.1) is 0 Å². The van der Waals surface area contributed by atoms with Crippen molar-refractivity contribution < 1.29 is 9.90 Å². The Morgan fingerprint density at radius 2 is 2.18 bits per heavy atom. The van der Waals surface area contributed by atoms with E-state index >= 15 is 0 Å². The molecule has 3 rings (SSSR count). The number of carboxylic acids is 1. The number of aliphatic imine (C=N–C) groups is 1. The smallest absolute Gasteiger partial charge is 0.316 e. The molecule has 4 nitrogen and oxygen atoms in total. The van der Waals surface area contributed by atoms with E-state index in [-0.39, 0.29) is 0 Å². The van der Waals surface area contributed by atoms with E-state index in [9.17, 15) is 4.79 Å². The largest absolute Gasteiger partial charge is 0.481 e. The summed E-state index contributed by atoms with van der Waals surface area (Å²) in [6, 6.07) is 7.59. The van der Waals surface area contributed by atoms with Crippen LogP contribution in [0.4, 0.5) is 11.4 Å². The standard InChI is InChI=1S/C13H10N2O2/c16-13(17)8-4-3-7-11-12(8)15-10-6-2-1-5-9(10)14-11/h1-8,14H,(H,16,17). The predicted molar refractivity (Wildman–Crippen MR) is 65.5 cm³/mol. The van der Waals surface area contributed by atoms with Crippen molar-refractivity contribution in [3.05, 3.63) is 48.2 Å². The molecule has 0 spiro atoms. The molecule has 1 heterocycles. The summed E-state index contributed by atoms with van der Waals surface area (Å²) in [5, 5.41) is 12.3. The Morgan fingerprint density at radius 1 is 1.35 bits per heavy atom. The van der Waals surface area contributed by atoms with E-state index in [2.05, 4.69) is 10.3 Å². The van der Waals surface area contributed by atoms with Crippen LogP contribution in [-0.2, 0) is 4.79 Å². The van der Waals surface area contributed by atoms with E-state index in [1.54, 1.807) is 12.2 Å². The molecule has 0 fully saturated rings. The second-order valence-electron chi connectivity index (χ2n) is 3.92. The van der Waals surface area contributed by atoms with Crippen LogP contribution in [-0.4, -0.2) is 16.8 Å². The first-order chi connectivity index (χ1) is 8.25. The van der Waals surface area contributed by atoms with E-state index in [0.29, 0.717) is 5.71 Å². The number of nitrogens with zero attached hydrogens (tertiary/aromatic N) is 1. The lowest BCUT2D eigenvalue weighted by molar-refractivity contribution is -0.138. The van der Waals surface area contributed by atoms with Crippen molar-refractivity contribution in [3.8, 4) is 0 Å². The molecule has 1 atom stereocenters. The lowest BCUT2D eigenvalue weighted by Gasteiger charge is -2.24. The van der Waals surface area contributed by atoms with Crippen LogP contribution in [0.5, 0.6) is 0 Å². The van der Waals surface area contributed by atoms with Gasteiger partial charge in [-0.1, -0.05) is 24.3 Å². The van der Waals surface area contributed by atoms with Crippen molar-refractivity contribution in [2.75, 3.05) is 5.32 Å². The highest BCUT2D eigenvalue weighted by molar-refractivity contribution is 6.17. The number of anilines is 1. The van der Waals surface area contributed by atoms with Gasteiger partial charge in [0.2, 0.25) is 0 Å². The van der Waals surface area contributed by atoms with Gasteiger partial charge in [0.25, 0.3) is 0 Å². The molecule has 0 saturated carbocycles. The van der Waals surface area contributed by atoms with Crippen LogP contribution in [0.2, 0.25) is 0 Å². The third-order valence-corrected chi connectivity index (χ3v) is 2.82. The van der Waals surface area contributed by atoms with E-state index in [0.717, 1.165) is 17.1 Å². The fourth-order valence-corrected chi connectivity index (χ4v) is 1.99. The van der Waals surface area contributed by atoms with Crippen LogP contribution in [0.3, 0.4) is 0 Å². The molecule has 4 heteroatoms. The molecule has 17 heavy (non-hydrogen) atoms. The second kappa shape index (κ2) is 3.59. The van der Waals surface area contributed by atoms with Gasteiger partial charge in [-0.3, -0.25) is 4.79 Å². The number of para-hydroxylation sites is 2. The Balaban J connectivity index is 2.13. The first-order valence-electron chi connectivity index (χ1n) is 5.32. The van der Waals surface area contributed by atoms with Gasteiger partial charge in [0.15, 0.2) is 0 Å². The summed E-state index contributed by atoms with van der Waals surface area (Å²) in [5.74, 6) is -1.55. The van der Waals surface area contributed by atoms with Crippen molar-refractivity contribution in [2.24, 2.45) is 10.9 Å². The molecule has 0 amide bonds. The van der Waals surface area contributed by atoms with Gasteiger partial charge in [-0.25, -0.2) is 4.99 Å². The summed E-state index contributed by atoms with van der Waals surface area (Å²) < 4.78 is 0. The maximum Gasteiger partial charge on any atom is 0.316 e. The number of benzene rings is 1. The van der Waals surface area contributed by atoms with Crippen LogP contribution >= 0.6 is 0 Å². The molecule has 2 N–H and O–H groups in total. The van der Waals surface area contributed by atoms with Crippen LogP contribution in [0, 0.1) is 5.92 Å². The number of fused-ring (bicyclic) bond motifs is 2. The summed E-state index contributed by atoms with van der Waals surface area (Å²) in [4.78, 5) is 15.6. The minimum absolute atomic E-state index is 0.568. The van der Waals surface area contributed by atoms with Crippen molar-refractivity contribution >= 4 is 23.1 Å². The summed E-state index contributed by atoms with van der Waals surface area (Å²) >= 11 is 0. The van der Waals surface area contributed by atoms with Crippen molar-refractivity contribution in [1.29, 1.82) is 0 Å². The van der Waals surface area contributed by atoms with E-state index in [4.69, 9.17) is 5.11 Å². The van der Waals surface area contributed by atoms with Gasteiger partial charge in [0.05, 0.1) is 22.8 Å². The van der Waals surface area contributed by atoms with Gasteiger partial charge in [-0.2, -0.15) is 0 Å². The van der Waals surface area contributed by atoms with Crippen molar-refractivity contribution in [1.82, 2.24) is 0 Å². The summed E-state index contributed by atoms with van der Waals surface area (Å²) in [7, 11) is 0. The second-order valence-corrected chi connectivity index (χ2v) is 3.92. The third kappa shape index (κ3) is 1.54. The number of aliphatic carboxylic acids is 1. The first kappa shape index (κ1) is 9.84. The summed E-state index contributed by atoms with van der Waals surface area (Å²) in [6.45, 7) is 0. The Bertz CT molecular complexity index is 585. The van der Waals surface area contributed by atoms with Gasteiger partial charge < -0.3 is 10.4 Å². The number of carboxylic acid groups (broad SMARTS) is 1. The minimum atomic E-state index is -0.883. The number of nitrogens with one attached hydrogen (secondary N) is 1. The molecule has 1 aromatic carbocycles. The highest BCUT2D eigenvalue weighted by atomic mass is 16.4. The maximum absolute atomic E-state index is 11.1. The quantitative estimate of drug-likeness (QED) is 0.772. The Labute approximate surface area is 98.0 Å². The SMILES string of the molecule is O=C(O)C1C=CC=C2Nc3ccccc3N=C21. The lowest BCUT2D eigenvalue weighted by Crippen LogP contribution is -2.29. The number of hydrogen-bond donors (Lipinski definition) is 2. The molecule has 0 saturated heterocycles. The number of rotatable bonds is 1.